The lowest BCUT2D eigenvalue weighted by Crippen LogP contribution is -2.48. The number of amides is 2. The van der Waals surface area contributed by atoms with Crippen molar-refractivity contribution >= 4 is 11.8 Å². The largest absolute Gasteiger partial charge is 0.489 e. The lowest BCUT2D eigenvalue weighted by atomic mass is 10.0. The third-order valence-corrected chi connectivity index (χ3v) is 3.99. The number of halogens is 1. The molecule has 0 fully saturated rings. The van der Waals surface area contributed by atoms with E-state index in [2.05, 4.69) is 10.6 Å². The third-order valence-electron chi connectivity index (χ3n) is 3.99. The molecule has 0 bridgehead atoms. The van der Waals surface area contributed by atoms with Crippen LogP contribution in [0.1, 0.15) is 31.9 Å². The summed E-state index contributed by atoms with van der Waals surface area (Å²) < 4.78 is 18.8. The van der Waals surface area contributed by atoms with Crippen molar-refractivity contribution in [1.29, 1.82) is 0 Å². The molecule has 0 saturated heterocycles. The zero-order valence-electron chi connectivity index (χ0n) is 15.8. The van der Waals surface area contributed by atoms with Gasteiger partial charge in [0.05, 0.1) is 0 Å². The van der Waals surface area contributed by atoms with Gasteiger partial charge in [-0.1, -0.05) is 38.1 Å². The zero-order chi connectivity index (χ0) is 19.8. The molecule has 2 amide bonds. The molecule has 0 aromatic heterocycles. The number of carbonyl (C=O) groups is 2. The highest BCUT2D eigenvalue weighted by atomic mass is 19.1. The molecular formula is C21H25FN2O3. The van der Waals surface area contributed by atoms with Crippen molar-refractivity contribution in [3.63, 3.8) is 0 Å². The molecule has 2 aromatic rings. The van der Waals surface area contributed by atoms with Gasteiger partial charge in [-0.15, -0.1) is 0 Å². The van der Waals surface area contributed by atoms with Crippen molar-refractivity contribution in [2.45, 2.75) is 40.0 Å². The van der Waals surface area contributed by atoms with E-state index in [4.69, 9.17) is 4.74 Å². The molecule has 0 saturated carbocycles. The Labute approximate surface area is 158 Å². The van der Waals surface area contributed by atoms with Gasteiger partial charge in [-0.3, -0.25) is 9.59 Å². The molecule has 6 heteroatoms. The van der Waals surface area contributed by atoms with Gasteiger partial charge in [0.15, 0.2) is 0 Å². The maximum absolute atomic E-state index is 13.2. The number of hydrogen-bond acceptors (Lipinski definition) is 3. The Hall–Kier alpha value is -2.89. The van der Waals surface area contributed by atoms with E-state index in [-0.39, 0.29) is 30.2 Å². The van der Waals surface area contributed by atoms with E-state index in [1.165, 1.54) is 19.1 Å². The quantitative estimate of drug-likeness (QED) is 0.748. The van der Waals surface area contributed by atoms with Crippen LogP contribution in [0.5, 0.6) is 5.75 Å². The van der Waals surface area contributed by atoms with Crippen LogP contribution < -0.4 is 15.4 Å². The van der Waals surface area contributed by atoms with Crippen molar-refractivity contribution in [2.75, 3.05) is 0 Å². The van der Waals surface area contributed by atoms with E-state index in [1.807, 2.05) is 26.0 Å². The van der Waals surface area contributed by atoms with Gasteiger partial charge in [0.25, 0.3) is 0 Å². The van der Waals surface area contributed by atoms with E-state index in [0.29, 0.717) is 12.3 Å². The molecule has 0 aliphatic carbocycles. The van der Waals surface area contributed by atoms with Gasteiger partial charge in [0.2, 0.25) is 11.8 Å². The van der Waals surface area contributed by atoms with Crippen molar-refractivity contribution in [2.24, 2.45) is 5.92 Å². The molecule has 0 unspecified atom stereocenters. The van der Waals surface area contributed by atoms with Crippen LogP contribution in [0, 0.1) is 11.7 Å². The lowest BCUT2D eigenvalue weighted by molar-refractivity contribution is -0.129. The van der Waals surface area contributed by atoms with Gasteiger partial charge in [-0.2, -0.15) is 0 Å². The highest BCUT2D eigenvalue weighted by Crippen LogP contribution is 2.15. The van der Waals surface area contributed by atoms with Gasteiger partial charge in [0, 0.05) is 13.5 Å². The minimum atomic E-state index is -0.559. The van der Waals surface area contributed by atoms with Gasteiger partial charge in [0.1, 0.15) is 24.2 Å². The van der Waals surface area contributed by atoms with Crippen LogP contribution in [-0.4, -0.2) is 17.9 Å². The van der Waals surface area contributed by atoms with Crippen LogP contribution in [0.15, 0.2) is 48.5 Å². The highest BCUT2D eigenvalue weighted by molar-refractivity contribution is 5.87. The molecule has 27 heavy (non-hydrogen) atoms. The molecule has 144 valence electrons. The normalized spacial score (nSPS) is 11.7. The smallest absolute Gasteiger partial charge is 0.243 e. The Morgan fingerprint density at radius 1 is 1.07 bits per heavy atom. The second-order valence-corrected chi connectivity index (χ2v) is 6.70. The summed E-state index contributed by atoms with van der Waals surface area (Å²) in [5.41, 5.74) is 1.66. The average molecular weight is 372 g/mol. The maximum Gasteiger partial charge on any atom is 0.243 e. The Morgan fingerprint density at radius 3 is 2.37 bits per heavy atom. The Bertz CT molecular complexity index is 775. The highest BCUT2D eigenvalue weighted by Gasteiger charge is 2.22. The molecule has 0 aliphatic rings. The van der Waals surface area contributed by atoms with Crippen molar-refractivity contribution < 1.29 is 18.7 Å². The van der Waals surface area contributed by atoms with E-state index in [9.17, 15) is 14.0 Å². The molecule has 0 spiro atoms. The fourth-order valence-corrected chi connectivity index (χ4v) is 2.55. The van der Waals surface area contributed by atoms with E-state index in [1.54, 1.807) is 24.3 Å². The first-order chi connectivity index (χ1) is 12.8. The summed E-state index contributed by atoms with van der Waals surface area (Å²) in [6, 6.07) is 13.0. The summed E-state index contributed by atoms with van der Waals surface area (Å²) in [6.07, 6.45) is 0. The van der Waals surface area contributed by atoms with Crippen LogP contribution in [0.2, 0.25) is 0 Å². The van der Waals surface area contributed by atoms with E-state index >= 15 is 0 Å². The number of carbonyl (C=O) groups excluding carboxylic acids is 2. The fourth-order valence-electron chi connectivity index (χ4n) is 2.55. The van der Waals surface area contributed by atoms with E-state index in [0.717, 1.165) is 11.1 Å². The van der Waals surface area contributed by atoms with Gasteiger partial charge < -0.3 is 15.4 Å². The number of hydrogen-bond donors (Lipinski definition) is 2. The number of ether oxygens (including phenoxy) is 1. The topological polar surface area (TPSA) is 67.4 Å². The average Bonchev–Trinajstić information content (AvgIpc) is 2.63. The molecular weight excluding hydrogens is 347 g/mol. The summed E-state index contributed by atoms with van der Waals surface area (Å²) in [4.78, 5) is 23.5. The third kappa shape index (κ3) is 6.73. The fraction of sp³-hybridized carbons (Fsp3) is 0.333. The van der Waals surface area contributed by atoms with Gasteiger partial charge in [-0.05, 0) is 41.3 Å². The summed E-state index contributed by atoms with van der Waals surface area (Å²) in [5, 5.41) is 5.50. The minimum absolute atomic E-state index is 0.00695. The van der Waals surface area contributed by atoms with Crippen LogP contribution >= 0.6 is 0 Å². The Morgan fingerprint density at radius 2 is 1.78 bits per heavy atom. The predicted octanol–water partition coefficient (Wildman–Crippen LogP) is 3.18. The van der Waals surface area contributed by atoms with Gasteiger partial charge >= 0.3 is 0 Å². The number of rotatable bonds is 8. The molecule has 0 heterocycles. The van der Waals surface area contributed by atoms with Crippen molar-refractivity contribution in [3.05, 3.63) is 65.5 Å². The summed E-state index contributed by atoms with van der Waals surface area (Å²) in [5.74, 6) is -0.0865. The minimum Gasteiger partial charge on any atom is -0.489 e. The molecule has 2 N–H and O–H groups in total. The SMILES string of the molecule is CC(=O)N[C@@H](C(=O)NCc1ccc(OCc2cccc(F)c2)cc1)C(C)C. The molecule has 2 aromatic carbocycles. The van der Waals surface area contributed by atoms with Crippen LogP contribution in [-0.2, 0) is 22.7 Å². The first kappa shape index (κ1) is 20.4. The number of nitrogens with one attached hydrogen (secondary N) is 2. The Balaban J connectivity index is 1.86. The zero-order valence-corrected chi connectivity index (χ0v) is 15.8. The number of benzene rings is 2. The molecule has 0 aliphatic heterocycles. The molecule has 5 nitrogen and oxygen atoms in total. The maximum atomic E-state index is 13.2. The first-order valence-corrected chi connectivity index (χ1v) is 8.86. The second-order valence-electron chi connectivity index (χ2n) is 6.70. The second kappa shape index (κ2) is 9.71. The summed E-state index contributed by atoms with van der Waals surface area (Å²) in [7, 11) is 0. The van der Waals surface area contributed by atoms with Crippen LogP contribution in [0.3, 0.4) is 0 Å². The molecule has 1 atom stereocenters. The van der Waals surface area contributed by atoms with Crippen LogP contribution in [0.4, 0.5) is 4.39 Å². The predicted molar refractivity (Wildman–Crippen MR) is 101 cm³/mol. The summed E-state index contributed by atoms with van der Waals surface area (Å²) in [6.45, 7) is 5.79. The standard InChI is InChI=1S/C21H25FN2O3/c1-14(2)20(24-15(3)25)21(26)23-12-16-7-9-19(10-8-16)27-13-17-5-4-6-18(22)11-17/h4-11,14,20H,12-13H2,1-3H3,(H,23,26)(H,24,25)/t20-/m1/s1. The lowest BCUT2D eigenvalue weighted by Gasteiger charge is -2.21. The summed E-state index contributed by atoms with van der Waals surface area (Å²) >= 11 is 0. The molecule has 2 rings (SSSR count). The van der Waals surface area contributed by atoms with Crippen molar-refractivity contribution in [1.82, 2.24) is 10.6 Å². The van der Waals surface area contributed by atoms with Crippen LogP contribution in [0.25, 0.3) is 0 Å². The van der Waals surface area contributed by atoms with Crippen molar-refractivity contribution in [3.8, 4) is 5.75 Å². The Kier molecular flexibility index (Phi) is 7.34. The first-order valence-electron chi connectivity index (χ1n) is 8.86. The molecule has 0 radical (unpaired) electrons. The van der Waals surface area contributed by atoms with E-state index < -0.39 is 6.04 Å². The van der Waals surface area contributed by atoms with Gasteiger partial charge in [-0.25, -0.2) is 4.39 Å². The monoisotopic (exact) mass is 372 g/mol.